The summed E-state index contributed by atoms with van der Waals surface area (Å²) in [6, 6.07) is 3.93. The number of anilines is 1. The van der Waals surface area contributed by atoms with Gasteiger partial charge in [0, 0.05) is 15.7 Å². The number of ether oxygens (including phenoxy) is 2. The van der Waals surface area contributed by atoms with Crippen LogP contribution in [0, 0.1) is 19.8 Å². The molecule has 2 unspecified atom stereocenters. The van der Waals surface area contributed by atoms with Gasteiger partial charge in [-0.05, 0) is 117 Å². The standard InChI is InChI=1S/C14H22N4O2.C14H27NO3.C9H10BrCl/c1-6-7-8-15-11-10(2)16-9-17-12(11)18-13(19)20-14(3,4)5;1-11-6-5-8-14(10-16,9-7-11)15-12(17)18-13(2,3)4;1-3-8-6(2)4-7(11)5-9(8)10/h8-9H,6-7H2,1-5H3,(H,16,17,18,19);11,16H,5-10H2,1-4H3,(H,15,17);4-5H,3H2,1-2H3. The van der Waals surface area contributed by atoms with Gasteiger partial charge < -0.3 is 19.9 Å². The highest BCUT2D eigenvalue weighted by Gasteiger charge is 2.34. The number of unbranched alkanes of at least 4 members (excludes halogenated alkanes) is 1. The van der Waals surface area contributed by atoms with Crippen molar-refractivity contribution in [2.24, 2.45) is 10.9 Å². The van der Waals surface area contributed by atoms with E-state index in [-0.39, 0.29) is 6.61 Å². The highest BCUT2D eigenvalue weighted by Crippen LogP contribution is 2.31. The van der Waals surface area contributed by atoms with E-state index in [0.29, 0.717) is 23.1 Å². The van der Waals surface area contributed by atoms with Crippen LogP contribution in [0.2, 0.25) is 5.02 Å². The van der Waals surface area contributed by atoms with E-state index < -0.39 is 28.9 Å². The number of amides is 2. The Labute approximate surface area is 307 Å². The number of aromatic nitrogens is 2. The summed E-state index contributed by atoms with van der Waals surface area (Å²) < 4.78 is 11.6. The first-order valence-corrected chi connectivity index (χ1v) is 18.3. The van der Waals surface area contributed by atoms with Crippen molar-refractivity contribution < 1.29 is 24.2 Å². The summed E-state index contributed by atoms with van der Waals surface area (Å²) in [6.45, 7) is 21.2. The van der Waals surface area contributed by atoms with E-state index in [0.717, 1.165) is 60.9 Å². The molecule has 1 aromatic carbocycles. The van der Waals surface area contributed by atoms with Crippen LogP contribution in [-0.2, 0) is 15.9 Å². The average Bonchev–Trinajstić information content (AvgIpc) is 3.14. The van der Waals surface area contributed by atoms with Gasteiger partial charge in [-0.2, -0.15) is 0 Å². The molecule has 1 aromatic heterocycles. The van der Waals surface area contributed by atoms with E-state index >= 15 is 0 Å². The highest BCUT2D eigenvalue weighted by molar-refractivity contribution is 9.10. The van der Waals surface area contributed by atoms with Crippen LogP contribution in [0.5, 0.6) is 0 Å². The molecule has 2 atom stereocenters. The van der Waals surface area contributed by atoms with Crippen LogP contribution in [0.1, 0.15) is 124 Å². The molecule has 0 saturated heterocycles. The van der Waals surface area contributed by atoms with Crippen LogP contribution >= 0.6 is 27.5 Å². The maximum atomic E-state index is 11.8. The van der Waals surface area contributed by atoms with Crippen LogP contribution in [0.4, 0.5) is 21.1 Å². The summed E-state index contributed by atoms with van der Waals surface area (Å²) in [7, 11) is 0. The molecule has 0 spiro atoms. The number of alkyl carbamates (subject to hydrolysis) is 1. The number of hydrogen-bond donors (Lipinski definition) is 3. The first-order chi connectivity index (χ1) is 22.7. The second kappa shape index (κ2) is 20.8. The summed E-state index contributed by atoms with van der Waals surface area (Å²) in [6.07, 6.45) is 10.0. The third-order valence-electron chi connectivity index (χ3n) is 7.54. The maximum Gasteiger partial charge on any atom is 0.413 e. The topological polar surface area (TPSA) is 135 Å². The number of carbonyl (C=O) groups is 2. The van der Waals surface area contributed by atoms with Crippen molar-refractivity contribution in [1.29, 1.82) is 0 Å². The molecule has 1 aliphatic carbocycles. The number of halogens is 2. The lowest BCUT2D eigenvalue weighted by molar-refractivity contribution is 0.0375. The number of aliphatic imine (C=N–C) groups is 1. The molecule has 1 fully saturated rings. The molecule has 2 aromatic rings. The highest BCUT2D eigenvalue weighted by atomic mass is 79.9. The number of aryl methyl sites for hydroxylation is 2. The Morgan fingerprint density at radius 3 is 2.24 bits per heavy atom. The van der Waals surface area contributed by atoms with Crippen molar-refractivity contribution in [1.82, 2.24) is 15.3 Å². The quantitative estimate of drug-likeness (QED) is 0.188. The van der Waals surface area contributed by atoms with Crippen molar-refractivity contribution in [3.63, 3.8) is 0 Å². The van der Waals surface area contributed by atoms with Gasteiger partial charge >= 0.3 is 12.2 Å². The molecule has 0 bridgehead atoms. The zero-order valence-electron chi connectivity index (χ0n) is 31.4. The normalized spacial score (nSPS) is 17.9. The fraction of sp³-hybridized carbons (Fsp3) is 0.649. The van der Waals surface area contributed by atoms with Gasteiger partial charge in [0.2, 0.25) is 0 Å². The van der Waals surface area contributed by atoms with Gasteiger partial charge in [-0.3, -0.25) is 10.3 Å². The Balaban J connectivity index is 0.000000382. The Bertz CT molecular complexity index is 1350. The summed E-state index contributed by atoms with van der Waals surface area (Å²) >= 11 is 9.32. The van der Waals surface area contributed by atoms with Crippen LogP contribution < -0.4 is 10.6 Å². The lowest BCUT2D eigenvalue weighted by Gasteiger charge is -2.33. The number of aliphatic hydroxyl groups excluding tert-OH is 1. The summed E-state index contributed by atoms with van der Waals surface area (Å²) in [4.78, 5) is 36.1. The van der Waals surface area contributed by atoms with Crippen molar-refractivity contribution in [3.05, 3.63) is 44.8 Å². The molecule has 2 amide bonds. The number of nitrogens with one attached hydrogen (secondary N) is 2. The maximum absolute atomic E-state index is 11.8. The van der Waals surface area contributed by atoms with Crippen molar-refractivity contribution >= 4 is 57.4 Å². The molecule has 1 saturated carbocycles. The summed E-state index contributed by atoms with van der Waals surface area (Å²) in [5, 5.41) is 15.9. The molecule has 49 heavy (non-hydrogen) atoms. The van der Waals surface area contributed by atoms with Gasteiger partial charge in [0.15, 0.2) is 5.82 Å². The van der Waals surface area contributed by atoms with Gasteiger partial charge in [-0.15, -0.1) is 0 Å². The Kier molecular flexibility index (Phi) is 18.8. The molecule has 3 N–H and O–H groups in total. The van der Waals surface area contributed by atoms with Gasteiger partial charge in [0.05, 0.1) is 17.8 Å². The Morgan fingerprint density at radius 2 is 1.69 bits per heavy atom. The number of benzene rings is 1. The molecule has 1 aliphatic rings. The minimum absolute atomic E-state index is 0.0149. The van der Waals surface area contributed by atoms with Crippen LogP contribution in [0.15, 0.2) is 27.9 Å². The molecule has 276 valence electrons. The van der Waals surface area contributed by atoms with Gasteiger partial charge in [-0.1, -0.05) is 67.6 Å². The third kappa shape index (κ3) is 17.6. The predicted molar refractivity (Wildman–Crippen MR) is 204 cm³/mol. The number of carbonyl (C=O) groups excluding carboxylic acids is 2. The average molecular weight is 769 g/mol. The molecule has 10 nitrogen and oxygen atoms in total. The van der Waals surface area contributed by atoms with Crippen LogP contribution in [0.25, 0.3) is 0 Å². The molecule has 3 rings (SSSR count). The molecule has 1 heterocycles. The molecule has 12 heteroatoms. The first-order valence-electron chi connectivity index (χ1n) is 17.1. The second-order valence-electron chi connectivity index (χ2n) is 14.5. The molecule has 0 radical (unpaired) electrons. The van der Waals surface area contributed by atoms with E-state index in [9.17, 15) is 14.7 Å². The van der Waals surface area contributed by atoms with Crippen molar-refractivity contribution in [3.8, 4) is 0 Å². The van der Waals surface area contributed by atoms with Crippen LogP contribution in [0.3, 0.4) is 0 Å². The lowest BCUT2D eigenvalue weighted by Crippen LogP contribution is -2.52. The van der Waals surface area contributed by atoms with E-state index in [1.807, 2.05) is 39.8 Å². The number of rotatable bonds is 7. The van der Waals surface area contributed by atoms with Crippen LogP contribution in [-0.4, -0.2) is 56.8 Å². The molecular formula is C37H59BrClN5O5. The Morgan fingerprint density at radius 1 is 1.06 bits per heavy atom. The van der Waals surface area contributed by atoms with E-state index in [1.165, 1.54) is 17.5 Å². The third-order valence-corrected chi connectivity index (χ3v) is 8.46. The van der Waals surface area contributed by atoms with E-state index in [4.69, 9.17) is 21.1 Å². The fourth-order valence-electron chi connectivity index (χ4n) is 5.00. The fourth-order valence-corrected chi connectivity index (χ4v) is 6.25. The smallest absolute Gasteiger partial charge is 0.413 e. The zero-order chi connectivity index (χ0) is 37.4. The van der Waals surface area contributed by atoms with Crippen molar-refractivity contribution in [2.75, 3.05) is 11.9 Å². The zero-order valence-corrected chi connectivity index (χ0v) is 33.8. The minimum atomic E-state index is -0.558. The molecule has 0 aliphatic heterocycles. The van der Waals surface area contributed by atoms with Gasteiger partial charge in [-0.25, -0.2) is 19.6 Å². The largest absolute Gasteiger partial charge is 0.444 e. The first kappa shape index (κ1) is 44.3. The van der Waals surface area contributed by atoms with Crippen molar-refractivity contribution in [2.45, 2.75) is 144 Å². The van der Waals surface area contributed by atoms with E-state index in [1.54, 1.807) is 27.0 Å². The Hall–Kier alpha value is -2.76. The number of nitrogens with zero attached hydrogens (tertiary/aromatic N) is 3. The SMILES string of the molecule is CC1CCCC(CO)(NC(=O)OC(C)(C)C)CC1.CCCC=Nc1c(C)ncnc1NC(=O)OC(C)(C)C.CCc1c(C)cc(Cl)cc1Br. The number of aliphatic hydroxyl groups is 1. The van der Waals surface area contributed by atoms with Gasteiger partial charge in [0.25, 0.3) is 0 Å². The van der Waals surface area contributed by atoms with E-state index in [2.05, 4.69) is 69.2 Å². The minimum Gasteiger partial charge on any atom is -0.444 e. The lowest BCUT2D eigenvalue weighted by atomic mass is 9.91. The summed E-state index contributed by atoms with van der Waals surface area (Å²) in [5.41, 5.74) is 2.32. The predicted octanol–water partition coefficient (Wildman–Crippen LogP) is 10.5. The number of hydrogen-bond acceptors (Lipinski definition) is 8. The molecular weight excluding hydrogens is 710 g/mol. The monoisotopic (exact) mass is 767 g/mol. The van der Waals surface area contributed by atoms with Gasteiger partial charge in [0.1, 0.15) is 23.2 Å². The summed E-state index contributed by atoms with van der Waals surface area (Å²) in [5.74, 6) is 1.03. The second-order valence-corrected chi connectivity index (χ2v) is 15.8.